The van der Waals surface area contributed by atoms with Crippen LogP contribution >= 0.6 is 0 Å². The average Bonchev–Trinajstić information content (AvgIpc) is 3.18. The quantitative estimate of drug-likeness (QED) is 0.252. The molecular weight excluding hydrogens is 460 g/mol. The third kappa shape index (κ3) is 15.3. The Morgan fingerprint density at radius 3 is 1.24 bits per heavy atom. The molecule has 1 saturated heterocycles. The number of rotatable bonds is 12. The van der Waals surface area contributed by atoms with Gasteiger partial charge in [-0.2, -0.15) is 0 Å². The van der Waals surface area contributed by atoms with Gasteiger partial charge in [0.2, 0.25) is 0 Å². The lowest BCUT2D eigenvalue weighted by Crippen LogP contribution is -2.42. The Kier molecular flexibility index (Phi) is 20.0. The van der Waals surface area contributed by atoms with Gasteiger partial charge >= 0.3 is 0 Å². The fourth-order valence-corrected chi connectivity index (χ4v) is 5.45. The molecule has 2 unspecified atom stereocenters. The second kappa shape index (κ2) is 19.0. The van der Waals surface area contributed by atoms with Gasteiger partial charge in [-0.05, 0) is 63.2 Å². The molecule has 0 bridgehead atoms. The van der Waals surface area contributed by atoms with Crippen LogP contribution in [0.15, 0.2) is 0 Å². The van der Waals surface area contributed by atoms with Gasteiger partial charge in [0.15, 0.2) is 5.79 Å². The molecule has 0 aromatic rings. The third-order valence-corrected chi connectivity index (χ3v) is 7.26. The Hall–Kier alpha value is -0.160. The van der Waals surface area contributed by atoms with Crippen molar-refractivity contribution >= 4 is 0 Å². The molecule has 226 valence electrons. The van der Waals surface area contributed by atoms with E-state index in [1.807, 2.05) is 13.8 Å². The lowest BCUT2D eigenvalue weighted by molar-refractivity contribution is -0.228. The van der Waals surface area contributed by atoms with Gasteiger partial charge in [0.25, 0.3) is 0 Å². The van der Waals surface area contributed by atoms with Gasteiger partial charge in [0, 0.05) is 11.8 Å². The van der Waals surface area contributed by atoms with E-state index in [1.165, 1.54) is 0 Å². The van der Waals surface area contributed by atoms with E-state index in [4.69, 9.17) is 18.9 Å². The Bertz CT molecular complexity index is 507. The maximum absolute atomic E-state index is 6.11. The summed E-state index contributed by atoms with van der Waals surface area (Å²) in [4.78, 5) is 0. The van der Waals surface area contributed by atoms with Crippen LogP contribution in [0, 0.1) is 47.3 Å². The minimum Gasteiger partial charge on any atom is -0.376 e. The zero-order valence-corrected chi connectivity index (χ0v) is 28.5. The van der Waals surface area contributed by atoms with E-state index in [9.17, 15) is 0 Å². The van der Waals surface area contributed by atoms with E-state index in [0.29, 0.717) is 30.3 Å². The van der Waals surface area contributed by atoms with Crippen LogP contribution in [0.2, 0.25) is 0 Å². The fourth-order valence-electron chi connectivity index (χ4n) is 5.45. The van der Waals surface area contributed by atoms with Gasteiger partial charge < -0.3 is 18.9 Å². The van der Waals surface area contributed by atoms with Crippen LogP contribution in [-0.2, 0) is 18.9 Å². The number of ether oxygens (including phenoxy) is 4. The molecule has 1 heterocycles. The standard InChI is InChI=1S/C12H24O2.C11H24O2.C10H22/c1-8(2)11-7-13-12(14-11,9(3)4)10(5)6;1-8(2)11(13-10(5)6)7-12-9(3)4;1-7(2)10(8(3)4)9(5)6/h8-11H,7H2,1-6H3;8-11H,7H2,1-6H3;7-10H,1-6H3. The van der Waals surface area contributed by atoms with E-state index < -0.39 is 0 Å². The SMILES string of the molecule is CC(C)C(C(C)C)C(C)C.CC(C)C1COC(C(C)C)(C(C)C)O1.CC(C)OCC(OC(C)C)C(C)C. The van der Waals surface area contributed by atoms with Crippen LogP contribution < -0.4 is 0 Å². The van der Waals surface area contributed by atoms with Gasteiger partial charge in [0.05, 0.1) is 37.6 Å². The van der Waals surface area contributed by atoms with Crippen molar-refractivity contribution in [2.45, 2.75) is 155 Å². The summed E-state index contributed by atoms with van der Waals surface area (Å²) in [6, 6.07) is 0. The molecule has 1 fully saturated rings. The zero-order valence-electron chi connectivity index (χ0n) is 28.5. The van der Waals surface area contributed by atoms with Crippen molar-refractivity contribution in [3.05, 3.63) is 0 Å². The van der Waals surface area contributed by atoms with Gasteiger partial charge in [-0.15, -0.1) is 0 Å². The van der Waals surface area contributed by atoms with Crippen molar-refractivity contribution in [2.24, 2.45) is 47.3 Å². The minimum absolute atomic E-state index is 0.224. The highest BCUT2D eigenvalue weighted by Crippen LogP contribution is 2.39. The first-order valence-electron chi connectivity index (χ1n) is 15.4. The monoisotopic (exact) mass is 531 g/mol. The largest absolute Gasteiger partial charge is 0.376 e. The van der Waals surface area contributed by atoms with Crippen molar-refractivity contribution in [3.8, 4) is 0 Å². The minimum atomic E-state index is -0.352. The summed E-state index contributed by atoms with van der Waals surface area (Å²) in [5, 5.41) is 0. The molecule has 0 aliphatic carbocycles. The van der Waals surface area contributed by atoms with Crippen LogP contribution in [0.25, 0.3) is 0 Å². The van der Waals surface area contributed by atoms with Crippen LogP contribution in [0.5, 0.6) is 0 Å². The van der Waals surface area contributed by atoms with Crippen molar-refractivity contribution < 1.29 is 18.9 Å². The summed E-state index contributed by atoms with van der Waals surface area (Å²) in [5.74, 6) is 4.91. The maximum atomic E-state index is 6.11. The molecule has 1 aliphatic heterocycles. The zero-order chi connectivity index (χ0) is 29.7. The Morgan fingerprint density at radius 1 is 0.622 bits per heavy atom. The highest BCUT2D eigenvalue weighted by atomic mass is 16.7. The van der Waals surface area contributed by atoms with Crippen molar-refractivity contribution in [1.82, 2.24) is 0 Å². The molecule has 4 heteroatoms. The molecule has 0 aromatic carbocycles. The van der Waals surface area contributed by atoms with E-state index >= 15 is 0 Å². The van der Waals surface area contributed by atoms with E-state index in [2.05, 4.69) is 111 Å². The predicted molar refractivity (Wildman–Crippen MR) is 162 cm³/mol. The molecule has 2 atom stereocenters. The van der Waals surface area contributed by atoms with Crippen molar-refractivity contribution in [1.29, 1.82) is 0 Å². The van der Waals surface area contributed by atoms with Gasteiger partial charge in [-0.25, -0.2) is 0 Å². The molecule has 37 heavy (non-hydrogen) atoms. The smallest absolute Gasteiger partial charge is 0.173 e. The van der Waals surface area contributed by atoms with E-state index in [0.717, 1.165) is 30.3 Å². The van der Waals surface area contributed by atoms with Gasteiger partial charge in [-0.1, -0.05) is 96.9 Å². The molecule has 0 spiro atoms. The highest BCUT2D eigenvalue weighted by Gasteiger charge is 2.47. The molecule has 1 rings (SSSR count). The lowest BCUT2D eigenvalue weighted by Gasteiger charge is -2.36. The van der Waals surface area contributed by atoms with Crippen LogP contribution in [0.1, 0.15) is 125 Å². The Balaban J connectivity index is 0. The summed E-state index contributed by atoms with van der Waals surface area (Å²) >= 11 is 0. The van der Waals surface area contributed by atoms with Crippen LogP contribution in [-0.4, -0.2) is 43.4 Å². The van der Waals surface area contributed by atoms with Crippen LogP contribution in [0.4, 0.5) is 0 Å². The van der Waals surface area contributed by atoms with Crippen LogP contribution in [0.3, 0.4) is 0 Å². The van der Waals surface area contributed by atoms with Crippen molar-refractivity contribution in [3.63, 3.8) is 0 Å². The first-order valence-corrected chi connectivity index (χ1v) is 15.4. The Morgan fingerprint density at radius 2 is 1.05 bits per heavy atom. The molecular formula is C33H70O4. The molecule has 0 N–H and O–H groups in total. The van der Waals surface area contributed by atoms with E-state index in [-0.39, 0.29) is 30.2 Å². The average molecular weight is 531 g/mol. The predicted octanol–water partition coefficient (Wildman–Crippen LogP) is 9.50. The molecule has 1 aliphatic rings. The van der Waals surface area contributed by atoms with Gasteiger partial charge in [0.1, 0.15) is 0 Å². The summed E-state index contributed by atoms with van der Waals surface area (Å²) in [7, 11) is 0. The topological polar surface area (TPSA) is 36.9 Å². The van der Waals surface area contributed by atoms with Crippen molar-refractivity contribution in [2.75, 3.05) is 13.2 Å². The number of hydrogen-bond acceptors (Lipinski definition) is 4. The first kappa shape index (κ1) is 39.0. The van der Waals surface area contributed by atoms with Gasteiger partial charge in [-0.3, -0.25) is 0 Å². The molecule has 0 radical (unpaired) electrons. The third-order valence-electron chi connectivity index (χ3n) is 7.26. The van der Waals surface area contributed by atoms with E-state index in [1.54, 1.807) is 0 Å². The Labute approximate surface area is 234 Å². The number of hydrogen-bond donors (Lipinski definition) is 0. The second-order valence-corrected chi connectivity index (χ2v) is 13.9. The summed E-state index contributed by atoms with van der Waals surface area (Å²) in [5.41, 5.74) is 0. The fraction of sp³-hybridized carbons (Fsp3) is 1.00. The molecule has 4 nitrogen and oxygen atoms in total. The molecule has 0 saturated carbocycles. The summed E-state index contributed by atoms with van der Waals surface area (Å²) in [6.45, 7) is 41.0. The summed E-state index contributed by atoms with van der Waals surface area (Å²) in [6.07, 6.45) is 1.06. The summed E-state index contributed by atoms with van der Waals surface area (Å²) < 4.78 is 23.3. The highest BCUT2D eigenvalue weighted by molar-refractivity contribution is 4.85. The first-order chi connectivity index (χ1) is 16.8. The molecule has 0 amide bonds. The molecule has 0 aromatic heterocycles. The lowest BCUT2D eigenvalue weighted by atomic mass is 9.78. The maximum Gasteiger partial charge on any atom is 0.173 e. The normalized spacial score (nSPS) is 18.6. The second-order valence-electron chi connectivity index (χ2n) is 13.9.